The Kier molecular flexibility index (Phi) is 5.97. The van der Waals surface area contributed by atoms with Gasteiger partial charge in [0.1, 0.15) is 11.9 Å². The molecule has 6 atom stereocenters. The predicted octanol–water partition coefficient (Wildman–Crippen LogP) is 10.4. The molecule has 1 N–H and O–H groups in total. The zero-order valence-electron chi connectivity index (χ0n) is 36.8. The van der Waals surface area contributed by atoms with E-state index >= 15 is 0 Å². The van der Waals surface area contributed by atoms with Crippen molar-refractivity contribution in [3.63, 3.8) is 0 Å². The average molecular weight is 853 g/mol. The van der Waals surface area contributed by atoms with Crippen LogP contribution in [0.15, 0.2) is 113 Å². The number of fused-ring (bicyclic) bond motifs is 4. The third kappa shape index (κ3) is 3.87. The fourth-order valence-corrected chi connectivity index (χ4v) is 16.1. The smallest absolute Gasteiger partial charge is 0.271 e. The van der Waals surface area contributed by atoms with E-state index in [1.807, 2.05) is 25.1 Å². The van der Waals surface area contributed by atoms with E-state index in [0.29, 0.717) is 63.6 Å². The van der Waals surface area contributed by atoms with Gasteiger partial charge in [-0.25, -0.2) is 10.4 Å². The minimum absolute atomic E-state index is 0.137. The monoisotopic (exact) mass is 852 g/mol. The number of hydrogen-bond donors (Lipinski definition) is 1. The highest BCUT2D eigenvalue weighted by Gasteiger charge is 2.62. The third-order valence-electron chi connectivity index (χ3n) is 18.0. The van der Waals surface area contributed by atoms with Crippen molar-refractivity contribution in [2.75, 3.05) is 20.6 Å². The van der Waals surface area contributed by atoms with E-state index in [0.717, 1.165) is 23.0 Å². The Morgan fingerprint density at radius 1 is 0.758 bits per heavy atom. The van der Waals surface area contributed by atoms with E-state index in [9.17, 15) is 9.59 Å². The topological polar surface area (TPSA) is 76.3 Å². The molecule has 0 spiro atoms. The van der Waals surface area contributed by atoms with Crippen LogP contribution in [-0.2, 0) is 19.3 Å². The lowest BCUT2D eigenvalue weighted by Gasteiger charge is -2.39. The number of hydrazone groups is 1. The van der Waals surface area contributed by atoms with Crippen molar-refractivity contribution in [1.82, 2.24) is 15.0 Å². The van der Waals surface area contributed by atoms with Crippen LogP contribution >= 0.6 is 0 Å². The lowest BCUT2D eigenvalue weighted by atomic mass is 9.63. The van der Waals surface area contributed by atoms with Crippen molar-refractivity contribution < 1.29 is 9.28 Å². The largest absolute Gasteiger partial charge is 0.321 e. The second-order valence-corrected chi connectivity index (χ2v) is 21.4. The summed E-state index contributed by atoms with van der Waals surface area (Å²) in [5, 5.41) is 8.01. The van der Waals surface area contributed by atoms with E-state index in [2.05, 4.69) is 84.2 Å². The fraction of sp³-hybridized carbons (Fsp3) is 0.220. The number of likely N-dealkylation sites (N-methyl/N-ethyl adjacent to an activating group) is 1. The molecule has 0 bridgehead atoms. The van der Waals surface area contributed by atoms with Gasteiger partial charge in [0.15, 0.2) is 0 Å². The zero-order chi connectivity index (χ0) is 43.4. The van der Waals surface area contributed by atoms with Crippen molar-refractivity contribution in [1.29, 1.82) is 0 Å². The van der Waals surface area contributed by atoms with E-state index in [4.69, 9.17) is 0 Å². The molecule has 1 aliphatic heterocycles. The summed E-state index contributed by atoms with van der Waals surface area (Å²) in [6.45, 7) is 2.93. The molecule has 1 amide bonds. The van der Waals surface area contributed by atoms with Gasteiger partial charge in [0.05, 0.1) is 49.4 Å². The van der Waals surface area contributed by atoms with Crippen LogP contribution in [-0.4, -0.2) is 46.8 Å². The first kappa shape index (κ1) is 35.1. The Bertz CT molecular complexity index is 3910. The zero-order valence-corrected chi connectivity index (χ0v) is 36.8. The second-order valence-electron chi connectivity index (χ2n) is 21.4. The molecule has 66 heavy (non-hydrogen) atoms. The predicted molar refractivity (Wildman–Crippen MR) is 259 cm³/mol. The van der Waals surface area contributed by atoms with Crippen LogP contribution in [0.25, 0.3) is 60.8 Å². The highest BCUT2D eigenvalue weighted by atomic mass is 16.2. The number of nitrogens with zero attached hydrogens (tertiary/aromatic N) is 4. The molecule has 6 unspecified atom stereocenters. The molecule has 7 heteroatoms. The molecule has 7 nitrogen and oxygen atoms in total. The Morgan fingerprint density at radius 2 is 1.52 bits per heavy atom. The molecular weight excluding hydrogens is 811 g/mol. The number of carbonyl (C=O) groups is 1. The van der Waals surface area contributed by atoms with E-state index in [-0.39, 0.29) is 11.5 Å². The molecule has 1 saturated heterocycles. The Labute approximate surface area is 380 Å². The van der Waals surface area contributed by atoms with Gasteiger partial charge in [-0.3, -0.25) is 14.2 Å². The highest BCUT2D eigenvalue weighted by Crippen LogP contribution is 2.78. The number of aryl methyl sites for hydroxylation is 1. The summed E-state index contributed by atoms with van der Waals surface area (Å²) >= 11 is 0. The molecule has 2 heterocycles. The van der Waals surface area contributed by atoms with Gasteiger partial charge < -0.3 is 4.48 Å². The summed E-state index contributed by atoms with van der Waals surface area (Å²) in [6.07, 6.45) is 5.13. The number of aromatic nitrogens is 2. The second kappa shape index (κ2) is 11.2. The molecule has 1 fully saturated rings. The number of rotatable bonds is 5. The first-order valence-corrected chi connectivity index (χ1v) is 23.8. The standard InChI is InChI=1S/C59H41N5O2/c1-26-61-41-7-5-4-6-37(41)59(66)63(26)36-16-14-29(15-17-36)58(65)62-60-24-27-8-10-28(11-9-27)57-48-39-23-35-21-33-19-31-13-12-30-18-32-20-34-22-38(40(48)25-64(57,2)3)49-50(39)54-47(35)45(33)52-43(31)42(30)51-44(32)46(34)53(49)56(54)55(51)52/h4-17,19,22-24,32,40,48,55-57H,18,20-21,25H2,1-3H3/p+1/b60-24+. The molecule has 8 aromatic rings. The summed E-state index contributed by atoms with van der Waals surface area (Å²) in [5.41, 5.74) is 34.7. The number of quaternary nitrogens is 1. The van der Waals surface area contributed by atoms with Crippen molar-refractivity contribution in [3.8, 4) is 27.9 Å². The molecule has 0 saturated carbocycles. The number of nitrogens with one attached hydrogen (secondary N) is 1. The van der Waals surface area contributed by atoms with Crippen molar-refractivity contribution in [3.05, 3.63) is 197 Å². The number of amides is 1. The molecule has 314 valence electrons. The van der Waals surface area contributed by atoms with Gasteiger partial charge in [-0.05, 0) is 179 Å². The first-order chi connectivity index (χ1) is 32.2. The molecule has 8 aliphatic carbocycles. The SMILES string of the molecule is Cc1nc2ccccc2c(=O)n1-c1ccc(C(=O)N/N=C/c2ccc(C3C4c5cc6c7c8c5-c5c(cc9c%10c5C8C5C8=C%10C(C9)Cc9ccc%10cc(c-7c5c%10c98)C6)C4C[N+]3(C)C)cc2)cc1. The number of para-hydroxylation sites is 1. The van der Waals surface area contributed by atoms with Gasteiger partial charge in [0.25, 0.3) is 11.5 Å². The fourth-order valence-electron chi connectivity index (χ4n) is 16.1. The van der Waals surface area contributed by atoms with Crippen LogP contribution in [0.1, 0.15) is 118 Å². The number of benzene rings is 7. The number of likely N-dealkylation sites (tertiary alicyclic amines) is 1. The normalized spacial score (nSPS) is 24.2. The average Bonchev–Trinajstić information content (AvgIpc) is 4.12. The minimum Gasteiger partial charge on any atom is -0.321 e. The van der Waals surface area contributed by atoms with E-state index in [1.165, 1.54) is 23.8 Å². The number of allylic oxidation sites excluding steroid dienone is 2. The Morgan fingerprint density at radius 3 is 2.38 bits per heavy atom. The van der Waals surface area contributed by atoms with Crippen LogP contribution in [0, 0.1) is 12.8 Å². The van der Waals surface area contributed by atoms with Gasteiger partial charge in [-0.2, -0.15) is 5.10 Å². The van der Waals surface area contributed by atoms with E-state index < -0.39 is 0 Å². The first-order valence-electron chi connectivity index (χ1n) is 23.8. The van der Waals surface area contributed by atoms with Crippen LogP contribution in [0.3, 0.4) is 0 Å². The van der Waals surface area contributed by atoms with Crippen LogP contribution in [0.2, 0.25) is 0 Å². The van der Waals surface area contributed by atoms with Crippen molar-refractivity contribution in [2.45, 2.75) is 55.9 Å². The Hall–Kier alpha value is -7.22. The van der Waals surface area contributed by atoms with Crippen LogP contribution in [0.5, 0.6) is 0 Å². The number of hydrogen-bond acceptors (Lipinski definition) is 4. The van der Waals surface area contributed by atoms with Gasteiger partial charge in [0.2, 0.25) is 0 Å². The van der Waals surface area contributed by atoms with Crippen LogP contribution in [0.4, 0.5) is 0 Å². The van der Waals surface area contributed by atoms with Gasteiger partial charge in [-0.1, -0.05) is 66.7 Å². The van der Waals surface area contributed by atoms with Gasteiger partial charge in [0, 0.05) is 28.9 Å². The summed E-state index contributed by atoms with van der Waals surface area (Å²) in [7, 11) is 4.93. The maximum absolute atomic E-state index is 13.3. The van der Waals surface area contributed by atoms with Crippen molar-refractivity contribution in [2.24, 2.45) is 11.0 Å². The van der Waals surface area contributed by atoms with E-state index in [1.54, 1.807) is 141 Å². The minimum atomic E-state index is -0.317. The molecule has 17 rings (SSSR count). The summed E-state index contributed by atoms with van der Waals surface area (Å²) < 4.78 is 2.51. The van der Waals surface area contributed by atoms with Gasteiger partial charge in [-0.15, -0.1) is 0 Å². The summed E-state index contributed by atoms with van der Waals surface area (Å²) in [5.74, 6) is 2.60. The Balaban J connectivity index is 0.723. The number of carbonyl (C=O) groups excluding carboxylic acids is 1. The molecular formula is C59H42N5O2+. The summed E-state index contributed by atoms with van der Waals surface area (Å²) in [4.78, 5) is 31.2. The quantitative estimate of drug-likeness (QED) is 0.106. The van der Waals surface area contributed by atoms with Gasteiger partial charge >= 0.3 is 0 Å². The maximum atomic E-state index is 13.3. The lowest BCUT2D eigenvalue weighted by Crippen LogP contribution is -2.39. The summed E-state index contributed by atoms with van der Waals surface area (Å²) in [6, 6.07) is 36.6. The maximum Gasteiger partial charge on any atom is 0.271 e. The molecule has 1 aromatic heterocycles. The van der Waals surface area contributed by atoms with Crippen LogP contribution < -0.4 is 11.0 Å². The molecule has 9 aliphatic rings. The molecule has 7 aromatic carbocycles. The molecule has 0 radical (unpaired) electrons. The lowest BCUT2D eigenvalue weighted by molar-refractivity contribution is -0.909. The van der Waals surface area contributed by atoms with Crippen molar-refractivity contribution >= 4 is 44.9 Å². The third-order valence-corrected chi connectivity index (χ3v) is 18.0. The highest BCUT2D eigenvalue weighted by molar-refractivity contribution is 6.21.